The highest BCUT2D eigenvalue weighted by molar-refractivity contribution is 5.88. The Balaban J connectivity index is 2.80. The van der Waals surface area contributed by atoms with Gasteiger partial charge in [0.05, 0.1) is 12.3 Å². The molecule has 8 nitrogen and oxygen atoms in total. The number of aromatic nitrogens is 3. The minimum atomic E-state index is -0.583. The molecule has 118 valence electrons. The van der Waals surface area contributed by atoms with Gasteiger partial charge in [-0.2, -0.15) is 0 Å². The summed E-state index contributed by atoms with van der Waals surface area (Å²) in [5, 5.41) is 10.4. The number of rotatable bonds is 7. The molecule has 3 N–H and O–H groups in total. The van der Waals surface area contributed by atoms with E-state index in [0.29, 0.717) is 11.6 Å². The maximum absolute atomic E-state index is 11.9. The van der Waals surface area contributed by atoms with Gasteiger partial charge in [-0.3, -0.25) is 4.79 Å². The largest absolute Gasteiger partial charge is 0.461 e. The van der Waals surface area contributed by atoms with E-state index in [-0.39, 0.29) is 37.3 Å². The summed E-state index contributed by atoms with van der Waals surface area (Å²) in [5.41, 5.74) is 6.06. The molecule has 0 aliphatic rings. The fourth-order valence-corrected chi connectivity index (χ4v) is 1.62. The highest BCUT2D eigenvalue weighted by Crippen LogP contribution is 2.07. The Morgan fingerprint density at radius 1 is 1.38 bits per heavy atom. The number of nitrogens with two attached hydrogens (primary N) is 1. The summed E-state index contributed by atoms with van der Waals surface area (Å²) in [6, 6.07) is 0.0480. The molecule has 0 fully saturated rings. The average molecular weight is 297 g/mol. The zero-order valence-corrected chi connectivity index (χ0v) is 12.9. The van der Waals surface area contributed by atoms with Crippen LogP contribution in [-0.4, -0.2) is 39.5 Å². The van der Waals surface area contributed by atoms with Gasteiger partial charge in [-0.15, -0.1) is 5.10 Å². The van der Waals surface area contributed by atoms with Crippen molar-refractivity contribution in [3.05, 3.63) is 11.4 Å². The van der Waals surface area contributed by atoms with Gasteiger partial charge in [0, 0.05) is 12.6 Å². The second-order valence-electron chi connectivity index (χ2n) is 5.07. The lowest BCUT2D eigenvalue weighted by Gasteiger charge is -2.17. The van der Waals surface area contributed by atoms with E-state index < -0.39 is 5.97 Å². The number of nitrogens with zero attached hydrogens (tertiary/aromatic N) is 3. The smallest absolute Gasteiger partial charge is 0.360 e. The van der Waals surface area contributed by atoms with Gasteiger partial charge < -0.3 is 15.8 Å². The number of carbonyl (C=O) groups is 2. The summed E-state index contributed by atoms with van der Waals surface area (Å²) in [6.45, 7) is 7.92. The van der Waals surface area contributed by atoms with E-state index in [0.717, 1.165) is 0 Å². The predicted octanol–water partition coefficient (Wildman–Crippen LogP) is 0.0742. The van der Waals surface area contributed by atoms with Crippen LogP contribution in [0.2, 0.25) is 0 Å². The van der Waals surface area contributed by atoms with E-state index >= 15 is 0 Å². The van der Waals surface area contributed by atoms with Crippen molar-refractivity contribution < 1.29 is 14.3 Å². The molecule has 0 saturated carbocycles. The first-order chi connectivity index (χ1) is 9.90. The van der Waals surface area contributed by atoms with Crippen LogP contribution >= 0.6 is 0 Å². The summed E-state index contributed by atoms with van der Waals surface area (Å²) in [5.74, 6) is -0.458. The zero-order valence-electron chi connectivity index (χ0n) is 12.9. The molecule has 1 aromatic rings. The highest BCUT2D eigenvalue weighted by atomic mass is 16.5. The summed E-state index contributed by atoms with van der Waals surface area (Å²) in [4.78, 5) is 23.6. The van der Waals surface area contributed by atoms with Crippen molar-refractivity contribution in [3.8, 4) is 0 Å². The lowest BCUT2D eigenvalue weighted by Crippen LogP contribution is -2.38. The van der Waals surface area contributed by atoms with Crippen LogP contribution in [0.5, 0.6) is 0 Å². The number of esters is 1. The van der Waals surface area contributed by atoms with Crippen molar-refractivity contribution in [3.63, 3.8) is 0 Å². The second kappa shape index (κ2) is 7.72. The van der Waals surface area contributed by atoms with Gasteiger partial charge in [0.1, 0.15) is 6.54 Å². The van der Waals surface area contributed by atoms with Crippen molar-refractivity contribution in [2.45, 2.75) is 46.8 Å². The maximum Gasteiger partial charge on any atom is 0.360 e. The van der Waals surface area contributed by atoms with Crippen LogP contribution in [0.4, 0.5) is 0 Å². The SMILES string of the molecule is CCOC(=O)c1nnn(CC(=O)NC(C)C(C)C)c1CN. The Morgan fingerprint density at radius 3 is 2.57 bits per heavy atom. The molecule has 0 aliphatic heterocycles. The van der Waals surface area contributed by atoms with Crippen LogP contribution in [0.15, 0.2) is 0 Å². The van der Waals surface area contributed by atoms with Gasteiger partial charge in [-0.05, 0) is 19.8 Å². The first-order valence-corrected chi connectivity index (χ1v) is 6.99. The lowest BCUT2D eigenvalue weighted by molar-refractivity contribution is -0.122. The molecule has 8 heteroatoms. The summed E-state index contributed by atoms with van der Waals surface area (Å²) in [7, 11) is 0. The third-order valence-electron chi connectivity index (χ3n) is 3.18. The molecule has 0 saturated heterocycles. The van der Waals surface area contributed by atoms with Crippen molar-refractivity contribution in [1.29, 1.82) is 0 Å². The number of amides is 1. The van der Waals surface area contributed by atoms with E-state index in [1.807, 2.05) is 20.8 Å². The van der Waals surface area contributed by atoms with Crippen molar-refractivity contribution in [2.24, 2.45) is 11.7 Å². The van der Waals surface area contributed by atoms with Gasteiger partial charge in [0.15, 0.2) is 5.69 Å². The molecule has 1 aromatic heterocycles. The van der Waals surface area contributed by atoms with E-state index in [9.17, 15) is 9.59 Å². The number of hydrogen-bond acceptors (Lipinski definition) is 6. The Labute approximate surface area is 124 Å². The number of carbonyl (C=O) groups excluding carboxylic acids is 2. The summed E-state index contributed by atoms with van der Waals surface area (Å²) in [6.07, 6.45) is 0. The third-order valence-corrected chi connectivity index (χ3v) is 3.18. The van der Waals surface area contributed by atoms with Crippen molar-refractivity contribution in [2.75, 3.05) is 6.61 Å². The molecule has 0 spiro atoms. The predicted molar refractivity (Wildman–Crippen MR) is 76.3 cm³/mol. The Hall–Kier alpha value is -1.96. The molecule has 21 heavy (non-hydrogen) atoms. The molecule has 0 aliphatic carbocycles. The third kappa shape index (κ3) is 4.52. The number of ether oxygens (including phenoxy) is 1. The molecular formula is C13H23N5O3. The second-order valence-corrected chi connectivity index (χ2v) is 5.07. The van der Waals surface area contributed by atoms with Gasteiger partial charge in [-0.25, -0.2) is 9.48 Å². The average Bonchev–Trinajstić information content (AvgIpc) is 2.81. The highest BCUT2D eigenvalue weighted by Gasteiger charge is 2.21. The van der Waals surface area contributed by atoms with Gasteiger partial charge in [0.2, 0.25) is 5.91 Å². The first kappa shape index (κ1) is 17.1. The monoisotopic (exact) mass is 297 g/mol. The Morgan fingerprint density at radius 2 is 2.05 bits per heavy atom. The van der Waals surface area contributed by atoms with E-state index in [1.165, 1.54) is 4.68 Å². The fourth-order valence-electron chi connectivity index (χ4n) is 1.62. The van der Waals surface area contributed by atoms with Gasteiger partial charge in [0.25, 0.3) is 0 Å². The normalized spacial score (nSPS) is 12.3. The molecular weight excluding hydrogens is 274 g/mol. The maximum atomic E-state index is 11.9. The fraction of sp³-hybridized carbons (Fsp3) is 0.692. The molecule has 0 radical (unpaired) electrons. The topological polar surface area (TPSA) is 112 Å². The Bertz CT molecular complexity index is 498. The molecule has 1 rings (SSSR count). The molecule has 0 aromatic carbocycles. The van der Waals surface area contributed by atoms with Crippen LogP contribution < -0.4 is 11.1 Å². The minimum absolute atomic E-state index is 0.0317. The molecule has 1 unspecified atom stereocenters. The van der Waals surface area contributed by atoms with Crippen LogP contribution in [-0.2, 0) is 22.6 Å². The summed E-state index contributed by atoms with van der Waals surface area (Å²) < 4.78 is 6.20. The van der Waals surface area contributed by atoms with Crippen LogP contribution in [0, 0.1) is 5.92 Å². The number of hydrogen-bond donors (Lipinski definition) is 2. The van der Waals surface area contributed by atoms with Gasteiger partial charge >= 0.3 is 5.97 Å². The number of nitrogens with one attached hydrogen (secondary N) is 1. The quantitative estimate of drug-likeness (QED) is 0.689. The van der Waals surface area contributed by atoms with Crippen LogP contribution in [0.1, 0.15) is 43.9 Å². The van der Waals surface area contributed by atoms with Gasteiger partial charge in [-0.1, -0.05) is 19.1 Å². The van der Waals surface area contributed by atoms with Crippen LogP contribution in [0.25, 0.3) is 0 Å². The summed E-state index contributed by atoms with van der Waals surface area (Å²) >= 11 is 0. The minimum Gasteiger partial charge on any atom is -0.461 e. The van der Waals surface area contributed by atoms with Crippen molar-refractivity contribution >= 4 is 11.9 Å². The van der Waals surface area contributed by atoms with E-state index in [1.54, 1.807) is 6.92 Å². The molecule has 1 atom stereocenters. The molecule has 1 amide bonds. The first-order valence-electron chi connectivity index (χ1n) is 6.99. The van der Waals surface area contributed by atoms with Crippen molar-refractivity contribution in [1.82, 2.24) is 20.3 Å². The lowest BCUT2D eigenvalue weighted by atomic mass is 10.1. The zero-order chi connectivity index (χ0) is 16.0. The molecule has 1 heterocycles. The van der Waals surface area contributed by atoms with E-state index in [2.05, 4.69) is 15.6 Å². The molecule has 0 bridgehead atoms. The van der Waals surface area contributed by atoms with Crippen LogP contribution in [0.3, 0.4) is 0 Å². The van der Waals surface area contributed by atoms with E-state index in [4.69, 9.17) is 10.5 Å². The Kier molecular flexibility index (Phi) is 6.29. The standard InChI is InChI=1S/C13H23N5O3/c1-5-21-13(20)12-10(6-14)18(17-16-12)7-11(19)15-9(4)8(2)3/h8-9H,5-7,14H2,1-4H3,(H,15,19).